The summed E-state index contributed by atoms with van der Waals surface area (Å²) < 4.78 is 5.36. The summed E-state index contributed by atoms with van der Waals surface area (Å²) in [5.41, 5.74) is 4.30. The fourth-order valence-corrected chi connectivity index (χ4v) is 3.88. The fourth-order valence-electron chi connectivity index (χ4n) is 3.88. The van der Waals surface area contributed by atoms with Crippen molar-refractivity contribution in [2.24, 2.45) is 0 Å². The molecule has 2 atom stereocenters. The third-order valence-corrected chi connectivity index (χ3v) is 5.65. The second-order valence-corrected chi connectivity index (χ2v) is 10.1. The van der Waals surface area contributed by atoms with Crippen LogP contribution in [0.3, 0.4) is 0 Å². The van der Waals surface area contributed by atoms with Gasteiger partial charge in [0.25, 0.3) is 5.56 Å². The Morgan fingerprint density at radius 2 is 1.63 bits per heavy atom. The van der Waals surface area contributed by atoms with E-state index in [1.165, 1.54) is 16.7 Å². The lowest BCUT2D eigenvalue weighted by Gasteiger charge is -2.31. The Labute approximate surface area is 162 Å². The van der Waals surface area contributed by atoms with Gasteiger partial charge in [0.2, 0.25) is 0 Å². The molecule has 4 heteroatoms. The molecule has 2 heterocycles. The van der Waals surface area contributed by atoms with Crippen molar-refractivity contribution in [1.29, 1.82) is 0 Å². The number of hydrogen-bond donors (Lipinski definition) is 2. The number of hydrogen-bond acceptors (Lipinski definition) is 3. The van der Waals surface area contributed by atoms with Crippen LogP contribution in [0.4, 0.5) is 0 Å². The molecule has 2 aromatic rings. The molecule has 0 aliphatic carbocycles. The van der Waals surface area contributed by atoms with E-state index in [1.807, 2.05) is 0 Å². The molecule has 0 bridgehead atoms. The maximum absolute atomic E-state index is 11.4. The first-order chi connectivity index (χ1) is 12.5. The molecule has 4 nitrogen and oxygen atoms in total. The van der Waals surface area contributed by atoms with Crippen molar-refractivity contribution < 1.29 is 4.52 Å². The average Bonchev–Trinajstić information content (AvgIpc) is 3.00. The molecule has 2 N–H and O–H groups in total. The van der Waals surface area contributed by atoms with Crippen LogP contribution in [0.15, 0.2) is 33.6 Å². The summed E-state index contributed by atoms with van der Waals surface area (Å²) in [7, 11) is 0. The first-order valence-corrected chi connectivity index (χ1v) is 10.1. The zero-order chi connectivity index (χ0) is 19.8. The van der Waals surface area contributed by atoms with Crippen LogP contribution in [-0.2, 0) is 17.3 Å². The Bertz CT molecular complexity index is 801. The number of benzene rings is 1. The van der Waals surface area contributed by atoms with Crippen LogP contribution >= 0.6 is 0 Å². The number of piperidine rings is 1. The van der Waals surface area contributed by atoms with Crippen LogP contribution < -0.4 is 10.9 Å². The molecular weight excluding hydrogens is 336 g/mol. The van der Waals surface area contributed by atoms with Crippen molar-refractivity contribution in [3.05, 3.63) is 57.1 Å². The van der Waals surface area contributed by atoms with Gasteiger partial charge in [-0.05, 0) is 53.3 Å². The van der Waals surface area contributed by atoms with Gasteiger partial charge in [0.1, 0.15) is 5.76 Å². The van der Waals surface area contributed by atoms with E-state index < -0.39 is 0 Å². The standard InChI is InChI=1S/C23H34N2O2/c1-22(2,3)17-9-15(10-18(13-17)23(4,5)6)11-19-12-16(7-8-24-19)20-14-21(26)25-27-20/h9-10,13-14,16,19,24H,7-8,11-12H2,1-6H3,(H,25,26). The van der Waals surface area contributed by atoms with Gasteiger partial charge in [0, 0.05) is 18.0 Å². The molecule has 1 aliphatic heterocycles. The number of H-pyrrole nitrogens is 1. The highest BCUT2D eigenvalue weighted by Gasteiger charge is 2.27. The first kappa shape index (κ1) is 19.9. The van der Waals surface area contributed by atoms with Gasteiger partial charge in [-0.2, -0.15) is 5.16 Å². The van der Waals surface area contributed by atoms with Gasteiger partial charge in [-0.25, -0.2) is 0 Å². The van der Waals surface area contributed by atoms with E-state index in [1.54, 1.807) is 6.07 Å². The third kappa shape index (κ3) is 4.92. The molecule has 148 valence electrons. The van der Waals surface area contributed by atoms with Crippen molar-refractivity contribution in [3.63, 3.8) is 0 Å². The topological polar surface area (TPSA) is 58.0 Å². The Balaban J connectivity index is 1.82. The van der Waals surface area contributed by atoms with Crippen LogP contribution in [-0.4, -0.2) is 17.7 Å². The van der Waals surface area contributed by atoms with E-state index in [4.69, 9.17) is 4.52 Å². The SMILES string of the molecule is CC(C)(C)c1cc(CC2CC(c3cc(=O)[nH]o3)CCN2)cc(C(C)(C)C)c1. The minimum atomic E-state index is -0.146. The average molecular weight is 371 g/mol. The van der Waals surface area contributed by atoms with E-state index >= 15 is 0 Å². The highest BCUT2D eigenvalue weighted by molar-refractivity contribution is 5.37. The van der Waals surface area contributed by atoms with Gasteiger partial charge >= 0.3 is 0 Å². The van der Waals surface area contributed by atoms with Gasteiger partial charge in [-0.15, -0.1) is 0 Å². The zero-order valence-corrected chi connectivity index (χ0v) is 17.6. The van der Waals surface area contributed by atoms with Crippen molar-refractivity contribution in [3.8, 4) is 0 Å². The first-order valence-electron chi connectivity index (χ1n) is 10.1. The molecule has 1 aromatic carbocycles. The van der Waals surface area contributed by atoms with Crippen LogP contribution in [0.2, 0.25) is 0 Å². The van der Waals surface area contributed by atoms with Crippen molar-refractivity contribution in [1.82, 2.24) is 10.5 Å². The molecule has 2 unspecified atom stereocenters. The maximum atomic E-state index is 11.4. The van der Waals surface area contributed by atoms with E-state index in [9.17, 15) is 4.79 Å². The van der Waals surface area contributed by atoms with E-state index in [2.05, 4.69) is 70.2 Å². The molecule has 27 heavy (non-hydrogen) atoms. The Kier molecular flexibility index (Phi) is 5.40. The van der Waals surface area contributed by atoms with Crippen LogP contribution in [0.5, 0.6) is 0 Å². The summed E-state index contributed by atoms with van der Waals surface area (Å²) >= 11 is 0. The summed E-state index contributed by atoms with van der Waals surface area (Å²) in [6.07, 6.45) is 3.00. The molecule has 0 spiro atoms. The molecule has 0 amide bonds. The summed E-state index contributed by atoms with van der Waals surface area (Å²) in [6.45, 7) is 14.6. The predicted octanol–water partition coefficient (Wildman–Crippen LogP) is 4.64. The molecule has 0 saturated carbocycles. The maximum Gasteiger partial charge on any atom is 0.280 e. The Hall–Kier alpha value is -1.81. The number of nitrogens with one attached hydrogen (secondary N) is 2. The lowest BCUT2D eigenvalue weighted by molar-refractivity contribution is 0.292. The fraction of sp³-hybridized carbons (Fsp3) is 0.609. The normalized spacial score (nSPS) is 21.4. The summed E-state index contributed by atoms with van der Waals surface area (Å²) in [5.74, 6) is 1.11. The highest BCUT2D eigenvalue weighted by Crippen LogP contribution is 2.32. The summed E-state index contributed by atoms with van der Waals surface area (Å²) in [4.78, 5) is 11.4. The van der Waals surface area contributed by atoms with Gasteiger partial charge in [-0.3, -0.25) is 4.79 Å². The Morgan fingerprint density at radius 3 is 2.15 bits per heavy atom. The summed E-state index contributed by atoms with van der Waals surface area (Å²) in [5, 5.41) is 6.09. The predicted molar refractivity (Wildman–Crippen MR) is 111 cm³/mol. The smallest absolute Gasteiger partial charge is 0.280 e. The quantitative estimate of drug-likeness (QED) is 0.827. The molecule has 1 fully saturated rings. The van der Waals surface area contributed by atoms with E-state index in [-0.39, 0.29) is 16.4 Å². The van der Waals surface area contributed by atoms with Crippen LogP contribution in [0.1, 0.15) is 82.8 Å². The molecule has 1 aromatic heterocycles. The molecule has 0 radical (unpaired) electrons. The second kappa shape index (κ2) is 7.31. The van der Waals surface area contributed by atoms with Crippen LogP contribution in [0, 0.1) is 0 Å². The number of aromatic nitrogens is 1. The van der Waals surface area contributed by atoms with Gasteiger partial charge < -0.3 is 9.84 Å². The van der Waals surface area contributed by atoms with Crippen molar-refractivity contribution >= 4 is 0 Å². The second-order valence-electron chi connectivity index (χ2n) is 10.1. The van der Waals surface area contributed by atoms with Crippen molar-refractivity contribution in [2.45, 2.75) is 83.6 Å². The summed E-state index contributed by atoms with van der Waals surface area (Å²) in [6, 6.07) is 9.11. The Morgan fingerprint density at radius 1 is 1.00 bits per heavy atom. The molecule has 3 rings (SSSR count). The minimum Gasteiger partial charge on any atom is -0.383 e. The third-order valence-electron chi connectivity index (χ3n) is 5.65. The van der Waals surface area contributed by atoms with E-state index in [0.29, 0.717) is 12.0 Å². The van der Waals surface area contributed by atoms with E-state index in [0.717, 1.165) is 31.6 Å². The number of rotatable bonds is 3. The molecule has 1 aliphatic rings. The lowest BCUT2D eigenvalue weighted by atomic mass is 9.78. The molecule has 1 saturated heterocycles. The van der Waals surface area contributed by atoms with Crippen LogP contribution in [0.25, 0.3) is 0 Å². The van der Waals surface area contributed by atoms with Gasteiger partial charge in [-0.1, -0.05) is 59.7 Å². The number of aromatic amines is 1. The monoisotopic (exact) mass is 370 g/mol. The zero-order valence-electron chi connectivity index (χ0n) is 17.6. The van der Waals surface area contributed by atoms with Gasteiger partial charge in [0.15, 0.2) is 0 Å². The van der Waals surface area contributed by atoms with Crippen molar-refractivity contribution in [2.75, 3.05) is 6.54 Å². The largest absolute Gasteiger partial charge is 0.383 e. The lowest BCUT2D eigenvalue weighted by Crippen LogP contribution is -2.38. The molecular formula is C23H34N2O2. The minimum absolute atomic E-state index is 0.132. The highest BCUT2D eigenvalue weighted by atomic mass is 16.5. The van der Waals surface area contributed by atoms with Gasteiger partial charge in [0.05, 0.1) is 0 Å².